The lowest BCUT2D eigenvalue weighted by Crippen LogP contribution is -2.48. The maximum atomic E-state index is 9.25. The summed E-state index contributed by atoms with van der Waals surface area (Å²) in [6.07, 6.45) is 1.66. The zero-order chi connectivity index (χ0) is 17.4. The number of nitrogens with one attached hydrogen (secondary N) is 1. The van der Waals surface area contributed by atoms with Crippen LogP contribution in [0.5, 0.6) is 5.75 Å². The Balaban J connectivity index is 1.44. The summed E-state index contributed by atoms with van der Waals surface area (Å²) in [5, 5.41) is 12.5. The summed E-state index contributed by atoms with van der Waals surface area (Å²) in [5.74, 6) is 0.387. The van der Waals surface area contributed by atoms with E-state index >= 15 is 0 Å². The molecule has 2 aliphatic heterocycles. The van der Waals surface area contributed by atoms with Gasteiger partial charge in [-0.2, -0.15) is 0 Å². The number of aliphatic hydroxyl groups is 1. The summed E-state index contributed by atoms with van der Waals surface area (Å²) in [5.41, 5.74) is 2.49. The summed E-state index contributed by atoms with van der Waals surface area (Å²) in [7, 11) is 0. The first-order chi connectivity index (χ1) is 12.0. The molecule has 0 bridgehead atoms. The van der Waals surface area contributed by atoms with Crippen LogP contribution in [0.15, 0.2) is 18.2 Å². The minimum absolute atomic E-state index is 0.0282. The summed E-state index contributed by atoms with van der Waals surface area (Å²) < 4.78 is 24.0. The fourth-order valence-corrected chi connectivity index (χ4v) is 4.00. The van der Waals surface area contributed by atoms with Gasteiger partial charge in [0.25, 0.3) is 0 Å². The van der Waals surface area contributed by atoms with Crippen LogP contribution in [-0.2, 0) is 27.1 Å². The van der Waals surface area contributed by atoms with Crippen molar-refractivity contribution in [2.75, 3.05) is 26.3 Å². The van der Waals surface area contributed by atoms with Crippen LogP contribution in [0, 0.1) is 0 Å². The summed E-state index contributed by atoms with van der Waals surface area (Å²) in [6, 6.07) is 6.19. The predicted octanol–water partition coefficient (Wildman–Crippen LogP) is 1.03. The number of benzene rings is 1. The first-order valence-electron chi connectivity index (χ1n) is 9.10. The Bertz CT molecular complexity index is 620. The first-order valence-corrected chi connectivity index (χ1v) is 9.10. The molecule has 2 N–H and O–H groups in total. The molecule has 1 aromatic carbocycles. The van der Waals surface area contributed by atoms with E-state index in [0.717, 1.165) is 25.1 Å². The Morgan fingerprint density at radius 1 is 1.16 bits per heavy atom. The maximum absolute atomic E-state index is 9.25. The molecule has 2 fully saturated rings. The quantitative estimate of drug-likeness (QED) is 0.846. The molecular formula is C19H27NO5. The fourth-order valence-electron chi connectivity index (χ4n) is 4.00. The van der Waals surface area contributed by atoms with E-state index in [4.69, 9.17) is 18.9 Å². The van der Waals surface area contributed by atoms with Gasteiger partial charge in [0.05, 0.1) is 24.9 Å². The van der Waals surface area contributed by atoms with Crippen LogP contribution in [-0.4, -0.2) is 61.6 Å². The lowest BCUT2D eigenvalue weighted by atomic mass is 9.87. The second-order valence-electron chi connectivity index (χ2n) is 7.55. The third-order valence-electron chi connectivity index (χ3n) is 5.10. The third kappa shape index (κ3) is 3.68. The van der Waals surface area contributed by atoms with E-state index in [2.05, 4.69) is 11.4 Å². The van der Waals surface area contributed by atoms with Crippen LogP contribution in [0.3, 0.4) is 0 Å². The molecule has 0 spiro atoms. The van der Waals surface area contributed by atoms with E-state index in [1.54, 1.807) is 0 Å². The molecule has 4 unspecified atom stereocenters. The van der Waals surface area contributed by atoms with Crippen molar-refractivity contribution >= 4 is 0 Å². The topological polar surface area (TPSA) is 69.2 Å². The molecule has 3 aliphatic rings. The van der Waals surface area contributed by atoms with Crippen molar-refractivity contribution in [3.05, 3.63) is 29.3 Å². The van der Waals surface area contributed by atoms with Gasteiger partial charge in [0.2, 0.25) is 0 Å². The molecule has 25 heavy (non-hydrogen) atoms. The molecule has 0 aromatic heterocycles. The highest BCUT2D eigenvalue weighted by Crippen LogP contribution is 2.39. The van der Waals surface area contributed by atoms with Crippen LogP contribution in [0.2, 0.25) is 0 Å². The molecule has 4 rings (SSSR count). The zero-order valence-corrected chi connectivity index (χ0v) is 14.9. The number of hydrogen-bond acceptors (Lipinski definition) is 6. The Morgan fingerprint density at radius 2 is 1.92 bits per heavy atom. The van der Waals surface area contributed by atoms with Crippen molar-refractivity contribution in [2.45, 2.75) is 56.9 Å². The van der Waals surface area contributed by atoms with Gasteiger partial charge in [-0.3, -0.25) is 0 Å². The van der Waals surface area contributed by atoms with E-state index in [-0.39, 0.29) is 31.0 Å². The molecule has 0 amide bonds. The van der Waals surface area contributed by atoms with E-state index in [0.29, 0.717) is 13.2 Å². The molecule has 0 radical (unpaired) electrons. The lowest BCUT2D eigenvalue weighted by molar-refractivity contribution is -0.145. The van der Waals surface area contributed by atoms with Crippen molar-refractivity contribution in [2.24, 2.45) is 0 Å². The Labute approximate surface area is 148 Å². The Hall–Kier alpha value is -1.18. The molecule has 6 nitrogen and oxygen atoms in total. The van der Waals surface area contributed by atoms with E-state index in [1.165, 1.54) is 11.1 Å². The van der Waals surface area contributed by atoms with Gasteiger partial charge >= 0.3 is 0 Å². The number of aliphatic hydroxyl groups excluding tert-OH is 1. The highest BCUT2D eigenvalue weighted by atomic mass is 16.7. The minimum Gasteiger partial charge on any atom is -0.491 e. The molecule has 1 aliphatic carbocycles. The van der Waals surface area contributed by atoms with Gasteiger partial charge in [0, 0.05) is 31.5 Å². The van der Waals surface area contributed by atoms with Crippen molar-refractivity contribution < 1.29 is 24.1 Å². The number of morpholine rings is 1. The maximum Gasteiger partial charge on any atom is 0.163 e. The average Bonchev–Trinajstić information content (AvgIpc) is 2.90. The standard InChI is InChI=1S/C19H27NO5/c1-19(2)24-17-6-12-4-3-5-16(15(12)7-18(17)25-19)22-11-14-9-20-8-13(10-21)23-14/h3-5,13-14,17-18,20-21H,6-11H2,1-2H3. The fraction of sp³-hybridized carbons (Fsp3) is 0.684. The van der Waals surface area contributed by atoms with E-state index in [1.807, 2.05) is 26.0 Å². The van der Waals surface area contributed by atoms with Crippen LogP contribution in [0.25, 0.3) is 0 Å². The number of hydrogen-bond donors (Lipinski definition) is 2. The molecule has 6 heteroatoms. The minimum atomic E-state index is -0.515. The molecule has 138 valence electrons. The second-order valence-corrected chi connectivity index (χ2v) is 7.55. The molecule has 2 saturated heterocycles. The van der Waals surface area contributed by atoms with Gasteiger partial charge in [0.1, 0.15) is 18.5 Å². The van der Waals surface area contributed by atoms with Crippen LogP contribution < -0.4 is 10.1 Å². The smallest absolute Gasteiger partial charge is 0.163 e. The SMILES string of the molecule is CC1(C)OC2Cc3cccc(OCC4CNCC(CO)O4)c3CC2O1. The summed E-state index contributed by atoms with van der Waals surface area (Å²) in [6.45, 7) is 5.86. The van der Waals surface area contributed by atoms with Crippen molar-refractivity contribution in [3.8, 4) is 5.75 Å². The molecule has 1 aromatic rings. The van der Waals surface area contributed by atoms with E-state index in [9.17, 15) is 5.11 Å². The molecule has 4 atom stereocenters. The zero-order valence-electron chi connectivity index (χ0n) is 14.9. The summed E-state index contributed by atoms with van der Waals surface area (Å²) >= 11 is 0. The highest BCUT2D eigenvalue weighted by Gasteiger charge is 2.44. The Morgan fingerprint density at radius 3 is 2.72 bits per heavy atom. The monoisotopic (exact) mass is 349 g/mol. The van der Waals surface area contributed by atoms with Gasteiger partial charge < -0.3 is 29.4 Å². The van der Waals surface area contributed by atoms with E-state index < -0.39 is 5.79 Å². The van der Waals surface area contributed by atoms with Gasteiger partial charge in [-0.1, -0.05) is 12.1 Å². The summed E-state index contributed by atoms with van der Waals surface area (Å²) in [4.78, 5) is 0. The number of fused-ring (bicyclic) bond motifs is 2. The predicted molar refractivity (Wildman–Crippen MR) is 91.8 cm³/mol. The van der Waals surface area contributed by atoms with Gasteiger partial charge in [-0.25, -0.2) is 0 Å². The normalized spacial score (nSPS) is 33.6. The van der Waals surface area contributed by atoms with Crippen molar-refractivity contribution in [1.29, 1.82) is 0 Å². The first kappa shape index (κ1) is 17.2. The second kappa shape index (κ2) is 6.85. The number of rotatable bonds is 4. The van der Waals surface area contributed by atoms with Crippen molar-refractivity contribution in [1.82, 2.24) is 5.32 Å². The van der Waals surface area contributed by atoms with Gasteiger partial charge in [-0.15, -0.1) is 0 Å². The number of ether oxygens (including phenoxy) is 4. The Kier molecular flexibility index (Phi) is 4.73. The van der Waals surface area contributed by atoms with Crippen LogP contribution >= 0.6 is 0 Å². The van der Waals surface area contributed by atoms with Gasteiger partial charge in [0.15, 0.2) is 5.79 Å². The molecular weight excluding hydrogens is 322 g/mol. The third-order valence-corrected chi connectivity index (χ3v) is 5.10. The molecule has 0 saturated carbocycles. The largest absolute Gasteiger partial charge is 0.491 e. The van der Waals surface area contributed by atoms with Crippen LogP contribution in [0.1, 0.15) is 25.0 Å². The van der Waals surface area contributed by atoms with Crippen LogP contribution in [0.4, 0.5) is 0 Å². The lowest BCUT2D eigenvalue weighted by Gasteiger charge is -2.31. The average molecular weight is 349 g/mol. The highest BCUT2D eigenvalue weighted by molar-refractivity contribution is 5.43. The molecule has 2 heterocycles. The van der Waals surface area contributed by atoms with Gasteiger partial charge in [-0.05, 0) is 25.5 Å². The van der Waals surface area contributed by atoms with Crippen molar-refractivity contribution in [3.63, 3.8) is 0 Å².